The Morgan fingerprint density at radius 3 is 3.05 bits per heavy atom. The quantitative estimate of drug-likeness (QED) is 0.852. The molecule has 5 heteroatoms. The number of pyridine rings is 1. The third-order valence-electron chi connectivity index (χ3n) is 3.55. The summed E-state index contributed by atoms with van der Waals surface area (Å²) in [5.74, 6) is 0.421. The molecule has 0 unspecified atom stereocenters. The number of hydrogen-bond donors (Lipinski definition) is 2. The van der Waals surface area contributed by atoms with Crippen molar-refractivity contribution < 1.29 is 9.90 Å². The van der Waals surface area contributed by atoms with Crippen molar-refractivity contribution in [3.05, 3.63) is 36.3 Å². The average Bonchev–Trinajstić information content (AvgIpc) is 2.75. The Balaban J connectivity index is 1.54. The molecule has 0 radical (unpaired) electrons. The number of rotatable bonds is 4. The molecule has 1 saturated carbocycles. The number of fused-ring (bicyclic) bond motifs is 1. The molecule has 5 nitrogen and oxygen atoms in total. The topological polar surface area (TPSA) is 66.6 Å². The lowest BCUT2D eigenvalue weighted by Gasteiger charge is -2.31. The van der Waals surface area contributed by atoms with Crippen molar-refractivity contribution in [2.75, 3.05) is 6.54 Å². The predicted molar refractivity (Wildman–Crippen MR) is 70.6 cm³/mol. The molecule has 0 atom stereocenters. The van der Waals surface area contributed by atoms with E-state index in [0.717, 1.165) is 24.2 Å². The maximum absolute atomic E-state index is 11.8. The number of carbonyl (C=O) groups excluding carboxylic acids is 1. The molecule has 0 spiro atoms. The Hall–Kier alpha value is -1.88. The Morgan fingerprint density at radius 2 is 2.32 bits per heavy atom. The van der Waals surface area contributed by atoms with Gasteiger partial charge in [0.25, 0.3) is 0 Å². The van der Waals surface area contributed by atoms with E-state index in [1.54, 1.807) is 0 Å². The minimum absolute atomic E-state index is 0.00945. The zero-order valence-corrected chi connectivity index (χ0v) is 10.6. The third-order valence-corrected chi connectivity index (χ3v) is 3.55. The average molecular weight is 259 g/mol. The molecule has 2 aromatic rings. The normalized spacial score (nSPS) is 22.2. The molecule has 0 bridgehead atoms. The van der Waals surface area contributed by atoms with Gasteiger partial charge in [-0.2, -0.15) is 0 Å². The lowest BCUT2D eigenvalue weighted by molar-refractivity contribution is -0.121. The van der Waals surface area contributed by atoms with Crippen molar-refractivity contribution in [3.63, 3.8) is 0 Å². The van der Waals surface area contributed by atoms with Crippen LogP contribution in [0.1, 0.15) is 18.5 Å². The molecule has 2 aromatic heterocycles. The fourth-order valence-electron chi connectivity index (χ4n) is 2.42. The van der Waals surface area contributed by atoms with Gasteiger partial charge in [0.05, 0.1) is 18.2 Å². The number of hydrogen-bond acceptors (Lipinski definition) is 3. The van der Waals surface area contributed by atoms with Crippen LogP contribution in [0.25, 0.3) is 5.65 Å². The summed E-state index contributed by atoms with van der Waals surface area (Å²) in [6.45, 7) is 0.656. The molecule has 1 aliphatic carbocycles. The molecular weight excluding hydrogens is 242 g/mol. The highest BCUT2D eigenvalue weighted by molar-refractivity contribution is 5.78. The van der Waals surface area contributed by atoms with E-state index in [1.165, 1.54) is 0 Å². The van der Waals surface area contributed by atoms with Gasteiger partial charge >= 0.3 is 0 Å². The van der Waals surface area contributed by atoms with E-state index >= 15 is 0 Å². The van der Waals surface area contributed by atoms with Gasteiger partial charge in [-0.25, -0.2) is 4.98 Å². The molecule has 0 saturated heterocycles. The van der Waals surface area contributed by atoms with Crippen molar-refractivity contribution in [1.29, 1.82) is 0 Å². The van der Waals surface area contributed by atoms with Crippen LogP contribution >= 0.6 is 0 Å². The molecule has 1 aliphatic rings. The Labute approximate surface area is 111 Å². The highest BCUT2D eigenvalue weighted by Crippen LogP contribution is 2.26. The van der Waals surface area contributed by atoms with E-state index < -0.39 is 0 Å². The van der Waals surface area contributed by atoms with Crippen molar-refractivity contribution in [3.8, 4) is 0 Å². The van der Waals surface area contributed by atoms with E-state index in [4.69, 9.17) is 0 Å². The molecule has 3 rings (SSSR count). The fourth-order valence-corrected chi connectivity index (χ4v) is 2.42. The summed E-state index contributed by atoms with van der Waals surface area (Å²) in [4.78, 5) is 16.2. The van der Waals surface area contributed by atoms with Crippen LogP contribution in [-0.4, -0.2) is 33.0 Å². The third kappa shape index (κ3) is 2.76. The lowest BCUT2D eigenvalue weighted by Crippen LogP contribution is -2.38. The smallest absolute Gasteiger partial charge is 0.226 e. The van der Waals surface area contributed by atoms with Crippen LogP contribution in [0.5, 0.6) is 0 Å². The van der Waals surface area contributed by atoms with Gasteiger partial charge in [0.1, 0.15) is 5.65 Å². The van der Waals surface area contributed by atoms with Crippen molar-refractivity contribution in [2.45, 2.75) is 25.4 Å². The molecule has 2 N–H and O–H groups in total. The zero-order valence-electron chi connectivity index (χ0n) is 10.6. The van der Waals surface area contributed by atoms with Crippen LogP contribution < -0.4 is 5.32 Å². The number of amides is 1. The highest BCUT2D eigenvalue weighted by atomic mass is 16.3. The van der Waals surface area contributed by atoms with Crippen LogP contribution in [0.15, 0.2) is 30.6 Å². The zero-order chi connectivity index (χ0) is 13.2. The number of aliphatic hydroxyl groups excluding tert-OH is 1. The summed E-state index contributed by atoms with van der Waals surface area (Å²) in [6, 6.07) is 5.77. The van der Waals surface area contributed by atoms with Gasteiger partial charge in [-0.1, -0.05) is 6.07 Å². The van der Waals surface area contributed by atoms with Crippen LogP contribution in [-0.2, 0) is 11.2 Å². The van der Waals surface area contributed by atoms with Gasteiger partial charge in [0, 0.05) is 18.9 Å². The largest absolute Gasteiger partial charge is 0.393 e. The van der Waals surface area contributed by atoms with Crippen molar-refractivity contribution in [1.82, 2.24) is 14.7 Å². The molecule has 2 heterocycles. The molecule has 0 aromatic carbocycles. The minimum atomic E-state index is -0.166. The molecular formula is C14H17N3O2. The second-order valence-corrected chi connectivity index (χ2v) is 5.17. The lowest BCUT2D eigenvalue weighted by atomic mass is 9.82. The number of aliphatic hydroxyl groups is 1. The summed E-state index contributed by atoms with van der Waals surface area (Å²) in [5, 5.41) is 12.1. The maximum Gasteiger partial charge on any atom is 0.226 e. The van der Waals surface area contributed by atoms with E-state index in [9.17, 15) is 9.90 Å². The first kappa shape index (κ1) is 12.2. The van der Waals surface area contributed by atoms with E-state index in [0.29, 0.717) is 18.9 Å². The number of nitrogens with one attached hydrogen (secondary N) is 1. The molecule has 1 fully saturated rings. The first-order valence-electron chi connectivity index (χ1n) is 6.58. The van der Waals surface area contributed by atoms with Crippen LogP contribution in [0.2, 0.25) is 0 Å². The summed E-state index contributed by atoms with van der Waals surface area (Å²) >= 11 is 0. The number of carbonyl (C=O) groups is 1. The number of imidazole rings is 1. The summed E-state index contributed by atoms with van der Waals surface area (Å²) in [6.07, 6.45) is 5.53. The molecule has 0 aliphatic heterocycles. The van der Waals surface area contributed by atoms with E-state index in [-0.39, 0.29) is 12.0 Å². The first-order valence-corrected chi connectivity index (χ1v) is 6.58. The second-order valence-electron chi connectivity index (χ2n) is 5.17. The van der Waals surface area contributed by atoms with Gasteiger partial charge in [-0.05, 0) is 30.9 Å². The highest BCUT2D eigenvalue weighted by Gasteiger charge is 2.27. The molecule has 19 heavy (non-hydrogen) atoms. The maximum atomic E-state index is 11.8. The Morgan fingerprint density at radius 1 is 1.47 bits per heavy atom. The standard InChI is InChI=1S/C14H17N3O2/c18-12-5-10(6-12)8-15-14(19)7-11-9-17-4-2-1-3-13(17)16-11/h1-4,9-10,12,18H,5-8H2,(H,15,19). The number of aromatic nitrogens is 2. The van der Waals surface area contributed by atoms with Crippen LogP contribution in [0, 0.1) is 5.92 Å². The first-order chi connectivity index (χ1) is 9.20. The van der Waals surface area contributed by atoms with Crippen molar-refractivity contribution >= 4 is 11.6 Å². The fraction of sp³-hybridized carbons (Fsp3) is 0.429. The molecule has 100 valence electrons. The van der Waals surface area contributed by atoms with Gasteiger partial charge in [-0.15, -0.1) is 0 Å². The van der Waals surface area contributed by atoms with Gasteiger partial charge in [0.2, 0.25) is 5.91 Å². The van der Waals surface area contributed by atoms with E-state index in [2.05, 4.69) is 10.3 Å². The summed E-state index contributed by atoms with van der Waals surface area (Å²) < 4.78 is 1.91. The number of nitrogens with zero attached hydrogens (tertiary/aromatic N) is 2. The van der Waals surface area contributed by atoms with Crippen molar-refractivity contribution in [2.24, 2.45) is 5.92 Å². The summed E-state index contributed by atoms with van der Waals surface area (Å²) in [7, 11) is 0. The summed E-state index contributed by atoms with van der Waals surface area (Å²) in [5.41, 5.74) is 1.63. The van der Waals surface area contributed by atoms with E-state index in [1.807, 2.05) is 35.0 Å². The Kier molecular flexibility index (Phi) is 3.21. The van der Waals surface area contributed by atoms with Crippen LogP contribution in [0.3, 0.4) is 0 Å². The SMILES string of the molecule is O=C(Cc1cn2ccccc2n1)NCC1CC(O)C1. The Bertz CT molecular complexity index is 554. The van der Waals surface area contributed by atoms with Gasteiger partial charge in [-0.3, -0.25) is 4.79 Å². The minimum Gasteiger partial charge on any atom is -0.393 e. The predicted octanol–water partition coefficient (Wildman–Crippen LogP) is 0.764. The second kappa shape index (κ2) is 5.01. The molecule has 1 amide bonds. The van der Waals surface area contributed by atoms with Crippen LogP contribution in [0.4, 0.5) is 0 Å². The van der Waals surface area contributed by atoms with Gasteiger partial charge in [0.15, 0.2) is 0 Å². The van der Waals surface area contributed by atoms with Gasteiger partial charge < -0.3 is 14.8 Å². The monoisotopic (exact) mass is 259 g/mol.